The smallest absolute Gasteiger partial charge is 0.224 e. The van der Waals surface area contributed by atoms with E-state index in [1.165, 1.54) is 10.6 Å². The van der Waals surface area contributed by atoms with Crippen molar-refractivity contribution in [3.8, 4) is 0 Å². The van der Waals surface area contributed by atoms with Gasteiger partial charge in [-0.25, -0.2) is 13.4 Å². The number of halogens is 1. The van der Waals surface area contributed by atoms with Crippen LogP contribution < -0.4 is 10.2 Å². The maximum absolute atomic E-state index is 11.5. The third-order valence-corrected chi connectivity index (χ3v) is 4.82. The van der Waals surface area contributed by atoms with Crippen molar-refractivity contribution >= 4 is 37.7 Å². The molecule has 2 rings (SSSR count). The normalized spacial score (nSPS) is 17.5. The van der Waals surface area contributed by atoms with E-state index in [4.69, 9.17) is 0 Å². The monoisotopic (exact) mass is 349 g/mol. The second kappa shape index (κ2) is 5.59. The summed E-state index contributed by atoms with van der Waals surface area (Å²) in [5.41, 5.74) is 0. The van der Waals surface area contributed by atoms with Crippen molar-refractivity contribution in [3.63, 3.8) is 0 Å². The van der Waals surface area contributed by atoms with Crippen LogP contribution in [0.5, 0.6) is 0 Å². The van der Waals surface area contributed by atoms with Gasteiger partial charge in [-0.1, -0.05) is 0 Å². The van der Waals surface area contributed by atoms with Gasteiger partial charge in [0.25, 0.3) is 0 Å². The van der Waals surface area contributed by atoms with E-state index in [-0.39, 0.29) is 0 Å². The molecule has 0 amide bonds. The summed E-state index contributed by atoms with van der Waals surface area (Å²) < 4.78 is 25.2. The zero-order valence-electron chi connectivity index (χ0n) is 10.8. The number of rotatable bonds is 3. The largest absolute Gasteiger partial charge is 0.357 e. The maximum atomic E-state index is 11.5. The van der Waals surface area contributed by atoms with Crippen molar-refractivity contribution < 1.29 is 8.42 Å². The highest BCUT2D eigenvalue weighted by molar-refractivity contribution is 9.10. The Labute approximate surface area is 121 Å². The summed E-state index contributed by atoms with van der Waals surface area (Å²) in [7, 11) is -1.35. The molecule has 19 heavy (non-hydrogen) atoms. The third-order valence-electron chi connectivity index (χ3n) is 2.96. The van der Waals surface area contributed by atoms with Gasteiger partial charge in [0, 0.05) is 39.4 Å². The minimum atomic E-state index is -3.10. The van der Waals surface area contributed by atoms with Crippen LogP contribution in [0, 0.1) is 0 Å². The van der Waals surface area contributed by atoms with Gasteiger partial charge in [0.2, 0.25) is 16.0 Å². The quantitative estimate of drug-likeness (QED) is 0.848. The number of nitrogens with one attached hydrogen (secondary N) is 1. The van der Waals surface area contributed by atoms with Crippen molar-refractivity contribution in [1.29, 1.82) is 0 Å². The molecule has 1 fully saturated rings. The minimum Gasteiger partial charge on any atom is -0.357 e. The van der Waals surface area contributed by atoms with Crippen LogP contribution in [-0.4, -0.2) is 62.2 Å². The van der Waals surface area contributed by atoms with Gasteiger partial charge in [-0.2, -0.15) is 9.29 Å². The predicted molar refractivity (Wildman–Crippen MR) is 77.9 cm³/mol. The molecule has 2 heterocycles. The molecule has 1 aliphatic rings. The molecule has 0 aromatic carbocycles. The van der Waals surface area contributed by atoms with E-state index in [9.17, 15) is 8.42 Å². The molecule has 1 N–H and O–H groups in total. The van der Waals surface area contributed by atoms with Crippen molar-refractivity contribution in [3.05, 3.63) is 10.7 Å². The number of hydrogen-bond donors (Lipinski definition) is 1. The Balaban J connectivity index is 2.13. The van der Waals surface area contributed by atoms with Gasteiger partial charge in [0.05, 0.1) is 10.7 Å². The summed E-state index contributed by atoms with van der Waals surface area (Å²) in [6.07, 6.45) is 2.93. The topological polar surface area (TPSA) is 78.4 Å². The molecule has 9 heteroatoms. The van der Waals surface area contributed by atoms with Crippen molar-refractivity contribution in [2.75, 3.05) is 49.7 Å². The summed E-state index contributed by atoms with van der Waals surface area (Å²) in [5.74, 6) is 1.33. The zero-order valence-corrected chi connectivity index (χ0v) is 13.2. The highest BCUT2D eigenvalue weighted by atomic mass is 79.9. The number of hydrogen-bond acceptors (Lipinski definition) is 6. The minimum absolute atomic E-state index is 0.476. The summed E-state index contributed by atoms with van der Waals surface area (Å²) in [5, 5.41) is 2.89. The molecular formula is C10H16BrN5O2S. The summed E-state index contributed by atoms with van der Waals surface area (Å²) in [6.45, 7) is 2.19. The van der Waals surface area contributed by atoms with Crippen molar-refractivity contribution in [1.82, 2.24) is 14.3 Å². The zero-order chi connectivity index (χ0) is 14.0. The Bertz CT molecular complexity index is 557. The number of anilines is 2. The lowest BCUT2D eigenvalue weighted by atomic mass is 10.3. The molecule has 106 valence electrons. The van der Waals surface area contributed by atoms with Crippen LogP contribution in [-0.2, 0) is 10.0 Å². The molecule has 0 saturated carbocycles. The van der Waals surface area contributed by atoms with Crippen molar-refractivity contribution in [2.24, 2.45) is 0 Å². The Kier molecular flexibility index (Phi) is 4.26. The number of aromatic nitrogens is 2. The highest BCUT2D eigenvalue weighted by Gasteiger charge is 2.25. The second-order valence-corrected chi connectivity index (χ2v) is 7.10. The Morgan fingerprint density at radius 3 is 2.47 bits per heavy atom. The van der Waals surface area contributed by atoms with Crippen LogP contribution in [0.25, 0.3) is 0 Å². The lowest BCUT2D eigenvalue weighted by Crippen LogP contribution is -2.48. The molecule has 0 bridgehead atoms. The molecule has 1 aromatic rings. The molecule has 1 aliphatic heterocycles. The molecule has 0 spiro atoms. The van der Waals surface area contributed by atoms with E-state index in [2.05, 4.69) is 31.2 Å². The SMILES string of the molecule is CNc1ncc(Br)c(N2CCN(S(C)(=O)=O)CC2)n1. The average Bonchev–Trinajstić information content (AvgIpc) is 2.38. The Hall–Kier alpha value is -0.930. The first-order chi connectivity index (χ1) is 8.91. The summed E-state index contributed by atoms with van der Waals surface area (Å²) in [4.78, 5) is 10.5. The first-order valence-electron chi connectivity index (χ1n) is 5.82. The fraction of sp³-hybridized carbons (Fsp3) is 0.600. The second-order valence-electron chi connectivity index (χ2n) is 4.26. The fourth-order valence-electron chi connectivity index (χ4n) is 1.93. The first kappa shape index (κ1) is 14.5. The first-order valence-corrected chi connectivity index (χ1v) is 8.46. The van der Waals surface area contributed by atoms with Gasteiger partial charge in [0.15, 0.2) is 0 Å². The van der Waals surface area contributed by atoms with Gasteiger partial charge in [-0.3, -0.25) is 0 Å². The Morgan fingerprint density at radius 1 is 1.32 bits per heavy atom. The van der Waals surface area contributed by atoms with Crippen LogP contribution in [0.2, 0.25) is 0 Å². The van der Waals surface area contributed by atoms with Crippen LogP contribution in [0.3, 0.4) is 0 Å². The molecule has 0 unspecified atom stereocenters. The molecule has 0 atom stereocenters. The van der Waals surface area contributed by atoms with E-state index in [0.717, 1.165) is 10.3 Å². The van der Waals surface area contributed by atoms with Gasteiger partial charge in [0.1, 0.15) is 5.82 Å². The third kappa shape index (κ3) is 3.34. The predicted octanol–water partition coefficient (Wildman–Crippen LogP) is 0.362. The van der Waals surface area contributed by atoms with Gasteiger partial charge >= 0.3 is 0 Å². The molecular weight excluding hydrogens is 334 g/mol. The maximum Gasteiger partial charge on any atom is 0.224 e. The molecule has 1 saturated heterocycles. The van der Waals surface area contributed by atoms with Crippen molar-refractivity contribution in [2.45, 2.75) is 0 Å². The van der Waals surface area contributed by atoms with Gasteiger partial charge in [-0.15, -0.1) is 0 Å². The number of piperazine rings is 1. The lowest BCUT2D eigenvalue weighted by molar-refractivity contribution is 0.386. The van der Waals surface area contributed by atoms with Crippen LogP contribution >= 0.6 is 15.9 Å². The Morgan fingerprint density at radius 2 is 1.95 bits per heavy atom. The molecule has 7 nitrogen and oxygen atoms in total. The standard InChI is InChI=1S/C10H16BrN5O2S/c1-12-10-13-7-8(11)9(14-10)15-3-5-16(6-4-15)19(2,17)18/h7H,3-6H2,1-2H3,(H,12,13,14). The lowest BCUT2D eigenvalue weighted by Gasteiger charge is -2.34. The molecule has 1 aromatic heterocycles. The average molecular weight is 350 g/mol. The van der Waals surface area contributed by atoms with Crippen LogP contribution in [0.15, 0.2) is 10.7 Å². The van der Waals surface area contributed by atoms with Crippen LogP contribution in [0.4, 0.5) is 11.8 Å². The van der Waals surface area contributed by atoms with Gasteiger partial charge in [-0.05, 0) is 15.9 Å². The van der Waals surface area contributed by atoms with E-state index in [1.807, 2.05) is 4.90 Å². The summed E-state index contributed by atoms with van der Waals surface area (Å²) in [6, 6.07) is 0. The molecule has 0 aliphatic carbocycles. The molecule has 0 radical (unpaired) electrons. The fourth-order valence-corrected chi connectivity index (χ4v) is 3.20. The summed E-state index contributed by atoms with van der Waals surface area (Å²) >= 11 is 3.42. The number of sulfonamides is 1. The van der Waals surface area contributed by atoms with E-state index >= 15 is 0 Å². The van der Waals surface area contributed by atoms with Gasteiger partial charge < -0.3 is 10.2 Å². The van der Waals surface area contributed by atoms with Crippen LogP contribution in [0.1, 0.15) is 0 Å². The highest BCUT2D eigenvalue weighted by Crippen LogP contribution is 2.25. The van der Waals surface area contributed by atoms with E-state index < -0.39 is 10.0 Å². The van der Waals surface area contributed by atoms with E-state index in [1.54, 1.807) is 13.2 Å². The number of nitrogens with zero attached hydrogens (tertiary/aromatic N) is 4. The van der Waals surface area contributed by atoms with E-state index in [0.29, 0.717) is 32.1 Å².